The van der Waals surface area contributed by atoms with Crippen molar-refractivity contribution in [3.05, 3.63) is 0 Å². The van der Waals surface area contributed by atoms with Crippen molar-refractivity contribution in [2.24, 2.45) is 0 Å². The van der Waals surface area contributed by atoms with Gasteiger partial charge in [0.1, 0.15) is 17.9 Å². The molecule has 0 saturated carbocycles. The van der Waals surface area contributed by atoms with Crippen LogP contribution in [0.5, 0.6) is 0 Å². The van der Waals surface area contributed by atoms with Crippen molar-refractivity contribution in [3.63, 3.8) is 0 Å². The first kappa shape index (κ1) is 10.0. The fourth-order valence-corrected chi connectivity index (χ4v) is 1.15. The van der Waals surface area contributed by atoms with Crippen LogP contribution in [0.25, 0.3) is 0 Å². The molecule has 4 heteroatoms. The molecule has 13 heavy (non-hydrogen) atoms. The number of hydrogen-bond acceptors (Lipinski definition) is 3. The van der Waals surface area contributed by atoms with E-state index < -0.39 is 11.7 Å². The summed E-state index contributed by atoms with van der Waals surface area (Å²) in [4.78, 5) is 23.2. The minimum absolute atomic E-state index is 0.00708. The predicted molar refractivity (Wildman–Crippen MR) is 47.4 cm³/mol. The molecule has 0 N–H and O–H groups in total. The number of aldehydes is 1. The van der Waals surface area contributed by atoms with Gasteiger partial charge in [0, 0.05) is 0 Å². The van der Waals surface area contributed by atoms with E-state index in [2.05, 4.69) is 0 Å². The monoisotopic (exact) mass is 185 g/mol. The van der Waals surface area contributed by atoms with Gasteiger partial charge in [-0.05, 0) is 27.7 Å². The number of ether oxygens (including phenoxy) is 1. The van der Waals surface area contributed by atoms with E-state index in [9.17, 15) is 9.59 Å². The van der Waals surface area contributed by atoms with Crippen molar-refractivity contribution < 1.29 is 14.3 Å². The lowest BCUT2D eigenvalue weighted by Crippen LogP contribution is -2.28. The van der Waals surface area contributed by atoms with Gasteiger partial charge < -0.3 is 9.53 Å². The van der Waals surface area contributed by atoms with Crippen LogP contribution in [0.15, 0.2) is 0 Å². The van der Waals surface area contributed by atoms with E-state index in [-0.39, 0.29) is 12.1 Å². The van der Waals surface area contributed by atoms with Gasteiger partial charge in [-0.2, -0.15) is 0 Å². The zero-order chi connectivity index (χ0) is 10.2. The third kappa shape index (κ3) is 2.20. The highest BCUT2D eigenvalue weighted by Crippen LogP contribution is 2.28. The maximum atomic E-state index is 11.3. The molecule has 1 amide bonds. The number of nitrogens with zero attached hydrogens (tertiary/aromatic N) is 1. The molecule has 1 rings (SSSR count). The summed E-state index contributed by atoms with van der Waals surface area (Å²) in [7, 11) is 0. The summed E-state index contributed by atoms with van der Waals surface area (Å²) in [5, 5.41) is 0. The Morgan fingerprint density at radius 3 is 2.31 bits per heavy atom. The molecule has 0 radical (unpaired) electrons. The molecule has 1 aliphatic heterocycles. The van der Waals surface area contributed by atoms with Crippen molar-refractivity contribution in [2.45, 2.75) is 45.4 Å². The molecule has 0 bridgehead atoms. The summed E-state index contributed by atoms with van der Waals surface area (Å²) in [6.45, 7) is 7.22. The van der Waals surface area contributed by atoms with Crippen LogP contribution in [0, 0.1) is 0 Å². The molecule has 4 nitrogen and oxygen atoms in total. The summed E-state index contributed by atoms with van der Waals surface area (Å²) in [5.41, 5.74) is -0.493. The van der Waals surface area contributed by atoms with Gasteiger partial charge in [0.15, 0.2) is 0 Å². The van der Waals surface area contributed by atoms with Gasteiger partial charge in [-0.1, -0.05) is 0 Å². The first-order valence-corrected chi connectivity index (χ1v) is 4.33. The molecule has 0 aromatic heterocycles. The van der Waals surface area contributed by atoms with E-state index in [1.165, 1.54) is 4.90 Å². The highest BCUT2D eigenvalue weighted by molar-refractivity contribution is 5.80. The maximum Gasteiger partial charge on any atom is 0.411 e. The quantitative estimate of drug-likeness (QED) is 0.455. The maximum absolute atomic E-state index is 11.3. The molecule has 74 valence electrons. The van der Waals surface area contributed by atoms with E-state index in [1.807, 2.05) is 6.92 Å². The second-order valence-corrected chi connectivity index (χ2v) is 4.25. The molecule has 2 atom stereocenters. The SMILES string of the molecule is C[C@@H]1[C@@H](C=O)N1C(=O)OC(C)(C)C. The zero-order valence-electron chi connectivity index (χ0n) is 8.40. The van der Waals surface area contributed by atoms with Crippen LogP contribution in [0.3, 0.4) is 0 Å². The van der Waals surface area contributed by atoms with Gasteiger partial charge >= 0.3 is 6.09 Å². The van der Waals surface area contributed by atoms with Gasteiger partial charge in [-0.15, -0.1) is 0 Å². The third-order valence-electron chi connectivity index (χ3n) is 1.91. The molecule has 0 aromatic carbocycles. The Balaban J connectivity index is 2.48. The lowest BCUT2D eigenvalue weighted by molar-refractivity contribution is -0.108. The number of carbonyl (C=O) groups is 2. The standard InChI is InChI=1S/C9H15NO3/c1-6-7(5-11)10(6)8(12)13-9(2,3)4/h5-7H,1-4H3/t6-,7-,10?/m1/s1. The lowest BCUT2D eigenvalue weighted by Gasteiger charge is -2.19. The second-order valence-electron chi connectivity index (χ2n) is 4.25. The number of carbonyl (C=O) groups excluding carboxylic acids is 2. The van der Waals surface area contributed by atoms with Crippen LogP contribution in [0.2, 0.25) is 0 Å². The van der Waals surface area contributed by atoms with Crippen LogP contribution in [0.4, 0.5) is 4.79 Å². The Labute approximate surface area is 77.8 Å². The van der Waals surface area contributed by atoms with E-state index >= 15 is 0 Å². The summed E-state index contributed by atoms with van der Waals surface area (Å²) in [6.07, 6.45) is 0.367. The van der Waals surface area contributed by atoms with Crippen LogP contribution in [-0.4, -0.2) is 35.0 Å². The largest absolute Gasteiger partial charge is 0.444 e. The Kier molecular flexibility index (Phi) is 2.32. The molecule has 1 fully saturated rings. The van der Waals surface area contributed by atoms with E-state index in [4.69, 9.17) is 4.74 Å². The van der Waals surface area contributed by atoms with Gasteiger partial charge in [-0.25, -0.2) is 4.79 Å². The molecule has 1 aliphatic rings. The summed E-state index contributed by atoms with van der Waals surface area (Å²) < 4.78 is 5.09. The average molecular weight is 185 g/mol. The second kappa shape index (κ2) is 3.01. The number of rotatable bonds is 1. The zero-order valence-corrected chi connectivity index (χ0v) is 8.40. The molecule has 1 heterocycles. The fourth-order valence-electron chi connectivity index (χ4n) is 1.15. The average Bonchev–Trinajstić information content (AvgIpc) is 2.57. The van der Waals surface area contributed by atoms with Gasteiger partial charge in [0.05, 0.1) is 6.04 Å². The topological polar surface area (TPSA) is 46.4 Å². The van der Waals surface area contributed by atoms with Gasteiger partial charge in [0.25, 0.3) is 0 Å². The van der Waals surface area contributed by atoms with Crippen molar-refractivity contribution in [2.75, 3.05) is 0 Å². The molecular weight excluding hydrogens is 170 g/mol. The molecule has 0 unspecified atom stereocenters. The van der Waals surface area contributed by atoms with E-state index in [0.29, 0.717) is 0 Å². The van der Waals surface area contributed by atoms with Gasteiger partial charge in [-0.3, -0.25) is 4.90 Å². The Hall–Kier alpha value is -1.06. The first-order chi connectivity index (χ1) is 5.87. The highest BCUT2D eigenvalue weighted by atomic mass is 16.6. The molecule has 0 aromatic rings. The van der Waals surface area contributed by atoms with Crippen LogP contribution >= 0.6 is 0 Å². The van der Waals surface area contributed by atoms with Crippen molar-refractivity contribution >= 4 is 12.4 Å². The smallest absolute Gasteiger partial charge is 0.411 e. The summed E-state index contributed by atoms with van der Waals surface area (Å²) >= 11 is 0. The molecule has 0 aliphatic carbocycles. The van der Waals surface area contributed by atoms with Crippen LogP contribution in [0.1, 0.15) is 27.7 Å². The summed E-state index contributed by atoms with van der Waals surface area (Å²) in [6, 6.07) is -0.290. The Morgan fingerprint density at radius 2 is 2.00 bits per heavy atom. The number of hydrogen-bond donors (Lipinski definition) is 0. The minimum atomic E-state index is -0.493. The van der Waals surface area contributed by atoms with Crippen molar-refractivity contribution in [1.29, 1.82) is 0 Å². The van der Waals surface area contributed by atoms with Crippen molar-refractivity contribution in [1.82, 2.24) is 4.90 Å². The van der Waals surface area contributed by atoms with Crippen LogP contribution < -0.4 is 0 Å². The normalized spacial score (nSPS) is 26.9. The molecular formula is C9H15NO3. The first-order valence-electron chi connectivity index (χ1n) is 4.33. The number of amides is 1. The fraction of sp³-hybridized carbons (Fsp3) is 0.778. The van der Waals surface area contributed by atoms with Crippen LogP contribution in [-0.2, 0) is 9.53 Å². The third-order valence-corrected chi connectivity index (χ3v) is 1.91. The highest BCUT2D eigenvalue weighted by Gasteiger charge is 2.49. The Morgan fingerprint density at radius 1 is 1.46 bits per heavy atom. The summed E-state index contributed by atoms with van der Waals surface area (Å²) in [5.74, 6) is 0. The minimum Gasteiger partial charge on any atom is -0.444 e. The molecule has 0 spiro atoms. The predicted octanol–water partition coefficient (Wildman–Crippen LogP) is 1.19. The van der Waals surface area contributed by atoms with Crippen molar-refractivity contribution in [3.8, 4) is 0 Å². The van der Waals surface area contributed by atoms with E-state index in [0.717, 1.165) is 6.29 Å². The van der Waals surface area contributed by atoms with Gasteiger partial charge in [0.2, 0.25) is 0 Å². The Bertz CT molecular complexity index is 232. The lowest BCUT2D eigenvalue weighted by atomic mass is 10.2. The molecule has 1 saturated heterocycles. The van der Waals surface area contributed by atoms with E-state index in [1.54, 1.807) is 20.8 Å².